The number of ether oxygens (including phenoxy) is 2. The monoisotopic (exact) mass is 405 g/mol. The number of nitrogens with zero attached hydrogens (tertiary/aromatic N) is 3. The molecule has 0 radical (unpaired) electrons. The predicted molar refractivity (Wildman–Crippen MR) is 113 cm³/mol. The molecule has 1 saturated heterocycles. The minimum absolute atomic E-state index is 0.0108. The van der Waals surface area contributed by atoms with Gasteiger partial charge in [0, 0.05) is 38.8 Å². The fraction of sp³-hybridized carbons (Fsp3) is 0.636. The van der Waals surface area contributed by atoms with Gasteiger partial charge in [0.05, 0.1) is 19.8 Å². The van der Waals surface area contributed by atoms with Crippen LogP contribution in [0.5, 0.6) is 5.75 Å². The number of benzene rings is 1. The van der Waals surface area contributed by atoms with Crippen LogP contribution in [0, 0.1) is 0 Å². The van der Waals surface area contributed by atoms with Crippen LogP contribution in [-0.2, 0) is 20.9 Å². The Kier molecular flexibility index (Phi) is 8.92. The fourth-order valence-corrected chi connectivity index (χ4v) is 3.46. The van der Waals surface area contributed by atoms with E-state index in [9.17, 15) is 9.59 Å². The van der Waals surface area contributed by atoms with Crippen molar-refractivity contribution in [3.05, 3.63) is 29.8 Å². The third-order valence-corrected chi connectivity index (χ3v) is 5.37. The summed E-state index contributed by atoms with van der Waals surface area (Å²) in [6.07, 6.45) is -0.207. The second kappa shape index (κ2) is 11.2. The van der Waals surface area contributed by atoms with Crippen LogP contribution in [0.25, 0.3) is 0 Å². The molecule has 2 rings (SSSR count). The maximum atomic E-state index is 12.9. The molecule has 0 unspecified atom stereocenters. The van der Waals surface area contributed by atoms with Crippen LogP contribution in [0.3, 0.4) is 0 Å². The quantitative estimate of drug-likeness (QED) is 0.629. The average molecular weight is 406 g/mol. The van der Waals surface area contributed by atoms with Crippen molar-refractivity contribution in [2.75, 3.05) is 46.4 Å². The van der Waals surface area contributed by atoms with Gasteiger partial charge in [-0.25, -0.2) is 0 Å². The van der Waals surface area contributed by atoms with Crippen molar-refractivity contribution in [2.45, 2.75) is 46.4 Å². The largest absolute Gasteiger partial charge is 0.497 e. The molecule has 0 aliphatic carbocycles. The van der Waals surface area contributed by atoms with Crippen LogP contribution in [0.4, 0.5) is 0 Å². The first-order valence-electron chi connectivity index (χ1n) is 10.4. The lowest BCUT2D eigenvalue weighted by molar-refractivity contribution is -0.138. The number of carbonyl (C=O) groups is 2. The molecule has 0 spiro atoms. The highest BCUT2D eigenvalue weighted by molar-refractivity contribution is 5.79. The highest BCUT2D eigenvalue weighted by atomic mass is 16.5. The summed E-state index contributed by atoms with van der Waals surface area (Å²) in [6, 6.07) is 7.96. The molecule has 7 nitrogen and oxygen atoms in total. The van der Waals surface area contributed by atoms with E-state index >= 15 is 0 Å². The van der Waals surface area contributed by atoms with Crippen LogP contribution in [0.2, 0.25) is 0 Å². The number of rotatable bonds is 9. The van der Waals surface area contributed by atoms with Gasteiger partial charge in [0.15, 0.2) is 0 Å². The van der Waals surface area contributed by atoms with Crippen molar-refractivity contribution in [3.8, 4) is 5.75 Å². The standard InChI is InChI=1S/C22H35N3O4/c1-6-23(7-2)22(27)16-29-20-13-24(17(3)4)15-21(26)25(14-20)12-18-8-10-19(28-5)11-9-18/h8-11,17,20H,6-7,12-16H2,1-5H3/t20-/m0/s1. The van der Waals surface area contributed by atoms with Crippen molar-refractivity contribution in [1.82, 2.24) is 14.7 Å². The summed E-state index contributed by atoms with van der Waals surface area (Å²) in [5.41, 5.74) is 1.04. The molecular weight excluding hydrogens is 370 g/mol. The van der Waals surface area contributed by atoms with E-state index in [0.717, 1.165) is 11.3 Å². The summed E-state index contributed by atoms with van der Waals surface area (Å²) in [5, 5.41) is 0. The van der Waals surface area contributed by atoms with E-state index in [4.69, 9.17) is 9.47 Å². The number of hydrogen-bond acceptors (Lipinski definition) is 5. The summed E-state index contributed by atoms with van der Waals surface area (Å²) in [4.78, 5) is 30.9. The zero-order valence-electron chi connectivity index (χ0n) is 18.4. The molecule has 1 heterocycles. The Hall–Kier alpha value is -2.12. The molecule has 0 N–H and O–H groups in total. The zero-order valence-corrected chi connectivity index (χ0v) is 18.4. The summed E-state index contributed by atoms with van der Waals surface area (Å²) >= 11 is 0. The minimum atomic E-state index is -0.207. The van der Waals surface area contributed by atoms with Gasteiger partial charge in [-0.3, -0.25) is 14.5 Å². The molecule has 2 amide bonds. The molecule has 1 aromatic carbocycles. The van der Waals surface area contributed by atoms with Gasteiger partial charge < -0.3 is 19.3 Å². The van der Waals surface area contributed by atoms with Gasteiger partial charge in [0.2, 0.25) is 11.8 Å². The summed E-state index contributed by atoms with van der Waals surface area (Å²) < 4.78 is 11.2. The molecule has 1 aromatic rings. The van der Waals surface area contributed by atoms with E-state index in [-0.39, 0.29) is 30.6 Å². The Morgan fingerprint density at radius 3 is 2.38 bits per heavy atom. The Labute approximate surface area is 174 Å². The normalized spacial score (nSPS) is 18.1. The van der Waals surface area contributed by atoms with Crippen molar-refractivity contribution >= 4 is 11.8 Å². The van der Waals surface area contributed by atoms with E-state index in [1.807, 2.05) is 43.0 Å². The lowest BCUT2D eigenvalue weighted by atomic mass is 10.2. The summed E-state index contributed by atoms with van der Waals surface area (Å²) in [6.45, 7) is 11.4. The Bertz CT molecular complexity index is 659. The zero-order chi connectivity index (χ0) is 21.4. The van der Waals surface area contributed by atoms with Crippen LogP contribution < -0.4 is 4.74 Å². The molecule has 0 bridgehead atoms. The molecule has 162 valence electrons. The molecule has 7 heteroatoms. The summed E-state index contributed by atoms with van der Waals surface area (Å²) in [7, 11) is 1.63. The Balaban J connectivity index is 2.08. The first kappa shape index (κ1) is 23.2. The highest BCUT2D eigenvalue weighted by Gasteiger charge is 2.30. The topological polar surface area (TPSA) is 62.3 Å². The van der Waals surface area contributed by atoms with Crippen molar-refractivity contribution in [3.63, 3.8) is 0 Å². The Morgan fingerprint density at radius 2 is 1.83 bits per heavy atom. The smallest absolute Gasteiger partial charge is 0.248 e. The number of carbonyl (C=O) groups excluding carboxylic acids is 2. The maximum Gasteiger partial charge on any atom is 0.248 e. The van der Waals surface area contributed by atoms with Gasteiger partial charge in [-0.2, -0.15) is 0 Å². The van der Waals surface area contributed by atoms with E-state index in [1.165, 1.54) is 0 Å². The number of amides is 2. The van der Waals surface area contributed by atoms with Crippen LogP contribution in [0.15, 0.2) is 24.3 Å². The minimum Gasteiger partial charge on any atom is -0.497 e. The molecule has 29 heavy (non-hydrogen) atoms. The lowest BCUT2D eigenvalue weighted by Gasteiger charge is -2.27. The molecule has 0 aromatic heterocycles. The van der Waals surface area contributed by atoms with Gasteiger partial charge in [-0.15, -0.1) is 0 Å². The molecular formula is C22H35N3O4. The van der Waals surface area contributed by atoms with E-state index in [1.54, 1.807) is 12.0 Å². The first-order valence-corrected chi connectivity index (χ1v) is 10.4. The van der Waals surface area contributed by atoms with Gasteiger partial charge in [-0.05, 0) is 45.4 Å². The second-order valence-corrected chi connectivity index (χ2v) is 7.64. The van der Waals surface area contributed by atoms with E-state index < -0.39 is 0 Å². The van der Waals surface area contributed by atoms with Crippen molar-refractivity contribution in [2.24, 2.45) is 0 Å². The lowest BCUT2D eigenvalue weighted by Crippen LogP contribution is -2.41. The van der Waals surface area contributed by atoms with Crippen molar-refractivity contribution < 1.29 is 19.1 Å². The second-order valence-electron chi connectivity index (χ2n) is 7.64. The molecule has 1 fully saturated rings. The summed E-state index contributed by atoms with van der Waals surface area (Å²) in [5.74, 6) is 0.858. The molecule has 1 aliphatic heterocycles. The van der Waals surface area contributed by atoms with Gasteiger partial charge >= 0.3 is 0 Å². The van der Waals surface area contributed by atoms with Crippen molar-refractivity contribution in [1.29, 1.82) is 0 Å². The average Bonchev–Trinajstić information content (AvgIpc) is 2.87. The van der Waals surface area contributed by atoms with Crippen LogP contribution in [0.1, 0.15) is 33.3 Å². The predicted octanol–water partition coefficient (Wildman–Crippen LogP) is 2.00. The number of methoxy groups -OCH3 is 1. The number of hydrogen-bond donors (Lipinski definition) is 0. The van der Waals surface area contributed by atoms with Gasteiger partial charge in [-0.1, -0.05) is 12.1 Å². The number of likely N-dealkylation sites (N-methyl/N-ethyl adjacent to an activating group) is 1. The third-order valence-electron chi connectivity index (χ3n) is 5.37. The maximum absolute atomic E-state index is 12.9. The van der Waals surface area contributed by atoms with E-state index in [2.05, 4.69) is 18.7 Å². The van der Waals surface area contributed by atoms with Crippen LogP contribution >= 0.6 is 0 Å². The van der Waals surface area contributed by atoms with Gasteiger partial charge in [0.1, 0.15) is 12.4 Å². The van der Waals surface area contributed by atoms with E-state index in [0.29, 0.717) is 39.3 Å². The third kappa shape index (κ3) is 6.72. The molecule has 1 atom stereocenters. The molecule has 1 aliphatic rings. The molecule has 0 saturated carbocycles. The van der Waals surface area contributed by atoms with Crippen LogP contribution in [-0.4, -0.2) is 85.1 Å². The van der Waals surface area contributed by atoms with Gasteiger partial charge in [0.25, 0.3) is 0 Å². The SMILES string of the molecule is CCN(CC)C(=O)CO[C@@H]1CN(Cc2ccc(OC)cc2)C(=O)CN(C(C)C)C1. The Morgan fingerprint density at radius 1 is 1.17 bits per heavy atom. The highest BCUT2D eigenvalue weighted by Crippen LogP contribution is 2.17. The first-order chi connectivity index (χ1) is 13.9. The fourth-order valence-electron chi connectivity index (χ4n) is 3.46.